The molecule has 1 N–H and O–H groups in total. The topological polar surface area (TPSA) is 61.6 Å². The summed E-state index contributed by atoms with van der Waals surface area (Å²) in [5.41, 5.74) is 0. The second kappa shape index (κ2) is 9.64. The van der Waals surface area contributed by atoms with Crippen LogP contribution in [0, 0.1) is 0 Å². The fraction of sp³-hybridized carbons (Fsp3) is 0.438. The Bertz CT molecular complexity index is 700. The van der Waals surface area contributed by atoms with Crippen LogP contribution in [0.5, 0.6) is 0 Å². The second-order valence-corrected chi connectivity index (χ2v) is 5.59. The molecule has 10 heteroatoms. The zero-order chi connectivity index (χ0) is 17.6. The molecule has 0 aromatic carbocycles. The smallest absolute Gasteiger partial charge is 0.319 e. The number of anilines is 1. The number of guanidine groups is 1. The fourth-order valence-corrected chi connectivity index (χ4v) is 2.84. The molecular weight excluding hydrogens is 455 g/mol. The highest BCUT2D eigenvalue weighted by Gasteiger charge is 2.21. The van der Waals surface area contributed by atoms with Crippen LogP contribution in [0.15, 0.2) is 41.8 Å². The van der Waals surface area contributed by atoms with Crippen molar-refractivity contribution in [2.75, 3.05) is 38.1 Å². The molecule has 0 spiro atoms. The average molecular weight is 477 g/mol. The van der Waals surface area contributed by atoms with Gasteiger partial charge in [-0.1, -0.05) is 6.07 Å². The summed E-state index contributed by atoms with van der Waals surface area (Å²) >= 11 is 0. The van der Waals surface area contributed by atoms with Crippen LogP contribution in [0.3, 0.4) is 0 Å². The summed E-state index contributed by atoms with van der Waals surface area (Å²) in [6, 6.07) is 5.86. The maximum absolute atomic E-state index is 12.9. The molecule has 26 heavy (non-hydrogen) atoms. The average Bonchev–Trinajstić information content (AvgIpc) is 3.12. The SMILES string of the molecule is CN=C(NCc1nccn1C(F)F)N1CCN(c2ccccn2)CC1.I. The van der Waals surface area contributed by atoms with Crippen molar-refractivity contribution in [3.63, 3.8) is 0 Å². The number of imidazole rings is 1. The van der Waals surface area contributed by atoms with Crippen LogP contribution in [0.25, 0.3) is 0 Å². The summed E-state index contributed by atoms with van der Waals surface area (Å²) in [4.78, 5) is 16.9. The summed E-state index contributed by atoms with van der Waals surface area (Å²) in [5.74, 6) is 1.93. The first-order valence-electron chi connectivity index (χ1n) is 8.10. The standard InChI is InChI=1S/C16H21F2N7.HI/c1-19-16(22-12-14-21-6-7-25(14)15(17)18)24-10-8-23(9-11-24)13-4-2-3-5-20-13;/h2-7,15H,8-12H2,1H3,(H,19,22);1H. The Balaban J connectivity index is 0.00000243. The first kappa shape index (κ1) is 20.3. The van der Waals surface area contributed by atoms with E-state index >= 15 is 0 Å². The van der Waals surface area contributed by atoms with Crippen LogP contribution in [0.2, 0.25) is 0 Å². The molecule has 3 heterocycles. The lowest BCUT2D eigenvalue weighted by molar-refractivity contribution is 0.0668. The van der Waals surface area contributed by atoms with Crippen molar-refractivity contribution in [2.24, 2.45) is 4.99 Å². The zero-order valence-corrected chi connectivity index (χ0v) is 16.8. The number of pyridine rings is 1. The number of aliphatic imine (C=N–C) groups is 1. The summed E-state index contributed by atoms with van der Waals surface area (Å²) in [5, 5.41) is 3.12. The predicted molar refractivity (Wildman–Crippen MR) is 107 cm³/mol. The number of piperazine rings is 1. The van der Waals surface area contributed by atoms with E-state index in [1.807, 2.05) is 18.2 Å². The van der Waals surface area contributed by atoms with Gasteiger partial charge in [0.15, 0.2) is 5.96 Å². The molecule has 0 aliphatic carbocycles. The van der Waals surface area contributed by atoms with E-state index in [1.54, 1.807) is 13.2 Å². The van der Waals surface area contributed by atoms with E-state index in [0.29, 0.717) is 5.96 Å². The molecule has 7 nitrogen and oxygen atoms in total. The molecule has 3 rings (SSSR count). The second-order valence-electron chi connectivity index (χ2n) is 5.59. The monoisotopic (exact) mass is 477 g/mol. The third-order valence-electron chi connectivity index (χ3n) is 4.13. The van der Waals surface area contributed by atoms with E-state index in [4.69, 9.17) is 0 Å². The molecule has 1 fully saturated rings. The lowest BCUT2D eigenvalue weighted by Gasteiger charge is -2.37. The van der Waals surface area contributed by atoms with Crippen molar-refractivity contribution in [3.8, 4) is 0 Å². The van der Waals surface area contributed by atoms with E-state index in [2.05, 4.69) is 30.1 Å². The van der Waals surface area contributed by atoms with Crippen molar-refractivity contribution in [1.82, 2.24) is 24.8 Å². The molecule has 1 aliphatic heterocycles. The number of halogens is 3. The zero-order valence-electron chi connectivity index (χ0n) is 14.4. The van der Waals surface area contributed by atoms with Crippen LogP contribution in [0.1, 0.15) is 12.4 Å². The third-order valence-corrected chi connectivity index (χ3v) is 4.13. The minimum absolute atomic E-state index is 0. The van der Waals surface area contributed by atoms with Gasteiger partial charge in [-0.3, -0.25) is 9.56 Å². The minimum atomic E-state index is -2.59. The third kappa shape index (κ3) is 4.80. The van der Waals surface area contributed by atoms with Gasteiger partial charge in [-0.25, -0.2) is 9.97 Å². The normalized spacial score (nSPS) is 15.2. The largest absolute Gasteiger partial charge is 0.353 e. The Morgan fingerprint density at radius 2 is 1.96 bits per heavy atom. The Morgan fingerprint density at radius 3 is 2.58 bits per heavy atom. The Kier molecular flexibility index (Phi) is 7.54. The number of hydrogen-bond acceptors (Lipinski definition) is 4. The van der Waals surface area contributed by atoms with Crippen LogP contribution in [-0.2, 0) is 6.54 Å². The first-order valence-corrected chi connectivity index (χ1v) is 8.10. The summed E-state index contributed by atoms with van der Waals surface area (Å²) in [6.45, 7) is 0.805. The van der Waals surface area contributed by atoms with Gasteiger partial charge >= 0.3 is 6.55 Å². The highest BCUT2D eigenvalue weighted by Crippen LogP contribution is 2.14. The van der Waals surface area contributed by atoms with Crippen LogP contribution >= 0.6 is 24.0 Å². The van der Waals surface area contributed by atoms with Crippen LogP contribution in [-0.4, -0.2) is 58.6 Å². The van der Waals surface area contributed by atoms with Crippen molar-refractivity contribution in [2.45, 2.75) is 13.1 Å². The van der Waals surface area contributed by atoms with Crippen molar-refractivity contribution < 1.29 is 8.78 Å². The Labute approximate surface area is 168 Å². The van der Waals surface area contributed by atoms with Gasteiger partial charge in [0, 0.05) is 51.8 Å². The number of alkyl halides is 2. The molecule has 1 aliphatic rings. The lowest BCUT2D eigenvalue weighted by atomic mass is 10.3. The number of rotatable bonds is 4. The molecular formula is C16H22F2IN7. The van der Waals surface area contributed by atoms with E-state index < -0.39 is 6.55 Å². The van der Waals surface area contributed by atoms with E-state index in [0.717, 1.165) is 36.6 Å². The maximum Gasteiger partial charge on any atom is 0.319 e. The van der Waals surface area contributed by atoms with Crippen molar-refractivity contribution in [3.05, 3.63) is 42.6 Å². The Hall–Kier alpha value is -1.98. The number of nitrogens with zero attached hydrogens (tertiary/aromatic N) is 6. The first-order chi connectivity index (χ1) is 12.2. The number of aromatic nitrogens is 3. The molecule has 0 atom stereocenters. The summed E-state index contributed by atoms with van der Waals surface area (Å²) in [7, 11) is 1.69. The molecule has 0 saturated carbocycles. The molecule has 2 aromatic heterocycles. The molecule has 0 unspecified atom stereocenters. The maximum atomic E-state index is 12.9. The van der Waals surface area contributed by atoms with E-state index in [1.165, 1.54) is 12.4 Å². The quantitative estimate of drug-likeness (QED) is 0.416. The van der Waals surface area contributed by atoms with Gasteiger partial charge in [0.2, 0.25) is 0 Å². The van der Waals surface area contributed by atoms with Gasteiger partial charge < -0.3 is 15.1 Å². The molecule has 142 valence electrons. The van der Waals surface area contributed by atoms with Gasteiger partial charge in [-0.15, -0.1) is 24.0 Å². The fourth-order valence-electron chi connectivity index (χ4n) is 2.84. The van der Waals surface area contributed by atoms with Gasteiger partial charge in [0.25, 0.3) is 0 Å². The summed E-state index contributed by atoms with van der Waals surface area (Å²) < 4.78 is 26.6. The van der Waals surface area contributed by atoms with Gasteiger partial charge in [0.1, 0.15) is 11.6 Å². The predicted octanol–water partition coefficient (Wildman–Crippen LogP) is 2.19. The van der Waals surface area contributed by atoms with Gasteiger partial charge in [0.05, 0.1) is 6.54 Å². The highest BCUT2D eigenvalue weighted by atomic mass is 127. The number of nitrogens with one attached hydrogen (secondary N) is 1. The molecule has 2 aromatic rings. The van der Waals surface area contributed by atoms with Crippen molar-refractivity contribution >= 4 is 35.8 Å². The van der Waals surface area contributed by atoms with Crippen LogP contribution < -0.4 is 10.2 Å². The molecule has 0 radical (unpaired) electrons. The van der Waals surface area contributed by atoms with E-state index in [9.17, 15) is 8.78 Å². The van der Waals surface area contributed by atoms with E-state index in [-0.39, 0.29) is 36.3 Å². The molecule has 0 amide bonds. The molecule has 1 saturated heterocycles. The van der Waals surface area contributed by atoms with Gasteiger partial charge in [-0.2, -0.15) is 8.78 Å². The summed E-state index contributed by atoms with van der Waals surface area (Å²) in [6.07, 6.45) is 4.43. The molecule has 0 bridgehead atoms. The van der Waals surface area contributed by atoms with Gasteiger partial charge in [-0.05, 0) is 12.1 Å². The highest BCUT2D eigenvalue weighted by molar-refractivity contribution is 14.0. The lowest BCUT2D eigenvalue weighted by Crippen LogP contribution is -2.52. The van der Waals surface area contributed by atoms with Crippen molar-refractivity contribution in [1.29, 1.82) is 0 Å². The minimum Gasteiger partial charge on any atom is -0.353 e. The van der Waals surface area contributed by atoms with Crippen LogP contribution in [0.4, 0.5) is 14.6 Å². The number of hydrogen-bond donors (Lipinski definition) is 1. The Morgan fingerprint density at radius 1 is 1.19 bits per heavy atom.